The highest BCUT2D eigenvalue weighted by Crippen LogP contribution is 2.35. The third kappa shape index (κ3) is 6.14. The third-order valence-electron chi connectivity index (χ3n) is 4.17. The number of nitrogens with one attached hydrogen (secondary N) is 1. The van der Waals surface area contributed by atoms with E-state index in [1.807, 2.05) is 42.5 Å². The zero-order chi connectivity index (χ0) is 21.5. The molecular weight excluding hydrogens is 555 g/mol. The van der Waals surface area contributed by atoms with Gasteiger partial charge in [-0.2, -0.15) is 5.10 Å². The lowest BCUT2D eigenvalue weighted by Crippen LogP contribution is -2.07. The van der Waals surface area contributed by atoms with E-state index in [0.29, 0.717) is 28.9 Å². The molecule has 0 saturated heterocycles. The SMILES string of the molecule is COc1ccccc1CN/N=C/c1cc(Br)c(OCc2ccc(Cl)cc2Cl)c(Br)c1. The van der Waals surface area contributed by atoms with E-state index in [-0.39, 0.29) is 0 Å². The number of nitrogens with zero attached hydrogens (tertiary/aromatic N) is 1. The standard InChI is InChI=1S/C22H18Br2Cl2N2O2/c1-29-21-5-3-2-4-15(21)12-28-27-11-14-8-18(23)22(19(24)9-14)30-13-16-6-7-17(25)10-20(16)26/h2-11,28H,12-13H2,1H3/b27-11+. The fraction of sp³-hybridized carbons (Fsp3) is 0.136. The molecule has 8 heteroatoms. The molecule has 0 fully saturated rings. The lowest BCUT2D eigenvalue weighted by Gasteiger charge is -2.12. The highest BCUT2D eigenvalue weighted by molar-refractivity contribution is 9.11. The second kappa shape index (κ2) is 11.0. The van der Waals surface area contributed by atoms with Crippen molar-refractivity contribution in [3.05, 3.63) is 90.3 Å². The number of hydrogen-bond donors (Lipinski definition) is 1. The fourth-order valence-corrected chi connectivity index (χ4v) is 4.59. The minimum Gasteiger partial charge on any atom is -0.496 e. The Labute approximate surface area is 202 Å². The Kier molecular flexibility index (Phi) is 8.45. The van der Waals surface area contributed by atoms with Gasteiger partial charge in [0, 0.05) is 21.2 Å². The molecule has 3 rings (SSSR count). The number of halogens is 4. The Bertz CT molecular complexity index is 1040. The van der Waals surface area contributed by atoms with Gasteiger partial charge in [-0.15, -0.1) is 0 Å². The molecule has 0 aliphatic heterocycles. The number of hydrazone groups is 1. The molecule has 30 heavy (non-hydrogen) atoms. The molecule has 0 aromatic heterocycles. The molecule has 3 aromatic rings. The summed E-state index contributed by atoms with van der Waals surface area (Å²) in [5.74, 6) is 1.51. The number of hydrogen-bond acceptors (Lipinski definition) is 4. The molecule has 3 aromatic carbocycles. The Hall–Kier alpha value is -1.73. The van der Waals surface area contributed by atoms with Gasteiger partial charge in [0.15, 0.2) is 0 Å². The topological polar surface area (TPSA) is 42.8 Å². The molecule has 0 unspecified atom stereocenters. The van der Waals surface area contributed by atoms with E-state index in [1.165, 1.54) is 0 Å². The Morgan fingerprint density at radius 3 is 2.43 bits per heavy atom. The van der Waals surface area contributed by atoms with Gasteiger partial charge in [0.05, 0.1) is 28.8 Å². The highest BCUT2D eigenvalue weighted by atomic mass is 79.9. The van der Waals surface area contributed by atoms with E-state index in [9.17, 15) is 0 Å². The van der Waals surface area contributed by atoms with E-state index in [2.05, 4.69) is 42.4 Å². The van der Waals surface area contributed by atoms with E-state index in [4.69, 9.17) is 32.7 Å². The summed E-state index contributed by atoms with van der Waals surface area (Å²) < 4.78 is 12.9. The molecular formula is C22H18Br2Cl2N2O2. The first-order chi connectivity index (χ1) is 14.5. The van der Waals surface area contributed by atoms with E-state index >= 15 is 0 Å². The second-order valence-electron chi connectivity index (χ2n) is 6.24. The first-order valence-electron chi connectivity index (χ1n) is 8.91. The van der Waals surface area contributed by atoms with Crippen LogP contribution in [0.5, 0.6) is 11.5 Å². The molecule has 0 spiro atoms. The maximum absolute atomic E-state index is 6.21. The van der Waals surface area contributed by atoms with Crippen LogP contribution in [-0.2, 0) is 13.2 Å². The van der Waals surface area contributed by atoms with Crippen molar-refractivity contribution in [2.24, 2.45) is 5.10 Å². The number of ether oxygens (including phenoxy) is 2. The second-order valence-corrected chi connectivity index (χ2v) is 8.80. The largest absolute Gasteiger partial charge is 0.496 e. The Balaban J connectivity index is 1.63. The Morgan fingerprint density at radius 1 is 1.00 bits per heavy atom. The van der Waals surface area contributed by atoms with Gasteiger partial charge in [-0.05, 0) is 67.8 Å². The van der Waals surface area contributed by atoms with Gasteiger partial charge in [0.1, 0.15) is 18.1 Å². The van der Waals surface area contributed by atoms with Crippen molar-refractivity contribution >= 4 is 61.3 Å². The van der Waals surface area contributed by atoms with Gasteiger partial charge in [0.2, 0.25) is 0 Å². The summed E-state index contributed by atoms with van der Waals surface area (Å²) in [5.41, 5.74) is 5.82. The molecule has 0 saturated carbocycles. The van der Waals surface area contributed by atoms with Crippen LogP contribution in [0.2, 0.25) is 10.0 Å². The van der Waals surface area contributed by atoms with Gasteiger partial charge < -0.3 is 14.9 Å². The van der Waals surface area contributed by atoms with Crippen molar-refractivity contribution in [1.82, 2.24) is 5.43 Å². The Morgan fingerprint density at radius 2 is 1.73 bits per heavy atom. The zero-order valence-electron chi connectivity index (χ0n) is 16.0. The van der Waals surface area contributed by atoms with Crippen LogP contribution < -0.4 is 14.9 Å². The first kappa shape index (κ1) is 22.9. The molecule has 0 heterocycles. The van der Waals surface area contributed by atoms with Crippen molar-refractivity contribution < 1.29 is 9.47 Å². The monoisotopic (exact) mass is 570 g/mol. The molecule has 156 valence electrons. The van der Waals surface area contributed by atoms with Crippen LogP contribution in [0.25, 0.3) is 0 Å². The van der Waals surface area contributed by atoms with E-state index < -0.39 is 0 Å². The lowest BCUT2D eigenvalue weighted by atomic mass is 10.2. The van der Waals surface area contributed by atoms with Crippen LogP contribution >= 0.6 is 55.1 Å². The summed E-state index contributed by atoms with van der Waals surface area (Å²) in [5, 5.41) is 5.46. The third-order valence-corrected chi connectivity index (χ3v) is 5.94. The smallest absolute Gasteiger partial charge is 0.148 e. The fourth-order valence-electron chi connectivity index (χ4n) is 2.68. The molecule has 4 nitrogen and oxygen atoms in total. The highest BCUT2D eigenvalue weighted by Gasteiger charge is 2.10. The van der Waals surface area contributed by atoms with Crippen LogP contribution in [0.3, 0.4) is 0 Å². The normalized spacial score (nSPS) is 11.0. The van der Waals surface area contributed by atoms with E-state index in [1.54, 1.807) is 25.5 Å². The summed E-state index contributed by atoms with van der Waals surface area (Å²) in [6.45, 7) is 0.882. The molecule has 0 amide bonds. The van der Waals surface area contributed by atoms with Gasteiger partial charge in [-0.1, -0.05) is 47.5 Å². The molecule has 0 atom stereocenters. The summed E-state index contributed by atoms with van der Waals surface area (Å²) in [7, 11) is 1.65. The predicted octanol–water partition coefficient (Wildman–Crippen LogP) is 7.23. The quantitative estimate of drug-likeness (QED) is 0.229. The number of benzene rings is 3. The average molecular weight is 573 g/mol. The predicted molar refractivity (Wildman–Crippen MR) is 130 cm³/mol. The maximum atomic E-state index is 6.21. The van der Waals surface area contributed by atoms with Crippen molar-refractivity contribution in [3.63, 3.8) is 0 Å². The molecule has 0 aliphatic rings. The van der Waals surface area contributed by atoms with Crippen molar-refractivity contribution in [2.45, 2.75) is 13.2 Å². The first-order valence-corrected chi connectivity index (χ1v) is 11.3. The molecule has 0 aliphatic carbocycles. The van der Waals surface area contributed by atoms with Crippen molar-refractivity contribution in [1.29, 1.82) is 0 Å². The van der Waals surface area contributed by atoms with Gasteiger partial charge in [-0.3, -0.25) is 0 Å². The molecule has 0 bridgehead atoms. The van der Waals surface area contributed by atoms with Crippen LogP contribution in [0, 0.1) is 0 Å². The van der Waals surface area contributed by atoms with Crippen LogP contribution in [0.1, 0.15) is 16.7 Å². The zero-order valence-corrected chi connectivity index (χ0v) is 20.6. The van der Waals surface area contributed by atoms with Crippen molar-refractivity contribution in [2.75, 3.05) is 7.11 Å². The number of para-hydroxylation sites is 1. The summed E-state index contributed by atoms with van der Waals surface area (Å²) in [4.78, 5) is 0. The lowest BCUT2D eigenvalue weighted by molar-refractivity contribution is 0.302. The molecule has 1 N–H and O–H groups in total. The minimum atomic E-state index is 0.321. The van der Waals surface area contributed by atoms with Gasteiger partial charge in [-0.25, -0.2) is 0 Å². The van der Waals surface area contributed by atoms with E-state index in [0.717, 1.165) is 31.4 Å². The number of methoxy groups -OCH3 is 1. The summed E-state index contributed by atoms with van der Waals surface area (Å²) in [6, 6.07) is 17.0. The van der Waals surface area contributed by atoms with Crippen LogP contribution in [0.4, 0.5) is 0 Å². The van der Waals surface area contributed by atoms with Crippen molar-refractivity contribution in [3.8, 4) is 11.5 Å². The van der Waals surface area contributed by atoms with Crippen LogP contribution in [0.15, 0.2) is 68.6 Å². The average Bonchev–Trinajstić information content (AvgIpc) is 2.72. The van der Waals surface area contributed by atoms with Crippen LogP contribution in [-0.4, -0.2) is 13.3 Å². The minimum absolute atomic E-state index is 0.321. The van der Waals surface area contributed by atoms with Gasteiger partial charge in [0.25, 0.3) is 0 Å². The molecule has 0 radical (unpaired) electrons. The number of rotatable bonds is 8. The summed E-state index contributed by atoms with van der Waals surface area (Å²) in [6.07, 6.45) is 1.74. The summed E-state index contributed by atoms with van der Waals surface area (Å²) >= 11 is 19.3. The van der Waals surface area contributed by atoms with Gasteiger partial charge >= 0.3 is 0 Å². The maximum Gasteiger partial charge on any atom is 0.148 e.